The summed E-state index contributed by atoms with van der Waals surface area (Å²) in [7, 11) is 0. The fraction of sp³-hybridized carbons (Fsp3) is 0.273. The molecule has 1 aliphatic rings. The summed E-state index contributed by atoms with van der Waals surface area (Å²) in [5.41, 5.74) is 5.99. The second-order valence-corrected chi connectivity index (χ2v) is 7.00. The first kappa shape index (κ1) is 17.3. The van der Waals surface area contributed by atoms with E-state index in [9.17, 15) is 4.79 Å². The summed E-state index contributed by atoms with van der Waals surface area (Å²) in [4.78, 5) is 15.2. The lowest BCUT2D eigenvalue weighted by Gasteiger charge is -2.23. The molecule has 0 radical (unpaired) electrons. The molecule has 1 amide bonds. The largest absolute Gasteiger partial charge is 0.361 e. The van der Waals surface area contributed by atoms with E-state index in [-0.39, 0.29) is 11.8 Å². The van der Waals surface area contributed by atoms with Crippen molar-refractivity contribution in [3.05, 3.63) is 71.1 Å². The zero-order chi connectivity index (χ0) is 19.0. The van der Waals surface area contributed by atoms with Crippen LogP contribution < -0.4 is 10.2 Å². The first-order valence-electron chi connectivity index (χ1n) is 9.24. The molecule has 2 aromatic carbocycles. The van der Waals surface area contributed by atoms with Crippen molar-refractivity contribution in [3.8, 4) is 0 Å². The van der Waals surface area contributed by atoms with Crippen LogP contribution in [0.5, 0.6) is 0 Å². The van der Waals surface area contributed by atoms with Crippen LogP contribution in [0, 0.1) is 13.8 Å². The maximum Gasteiger partial charge on any atom is 0.231 e. The molecule has 5 heteroatoms. The van der Waals surface area contributed by atoms with Crippen LogP contribution in [0.4, 0.5) is 17.1 Å². The third kappa shape index (κ3) is 3.10. The quantitative estimate of drug-likeness (QED) is 0.730. The summed E-state index contributed by atoms with van der Waals surface area (Å²) in [6.45, 7) is 6.50. The second-order valence-electron chi connectivity index (χ2n) is 7.00. The molecule has 27 heavy (non-hydrogen) atoms. The van der Waals surface area contributed by atoms with Crippen molar-refractivity contribution in [1.29, 1.82) is 0 Å². The van der Waals surface area contributed by atoms with Crippen molar-refractivity contribution in [1.82, 2.24) is 5.16 Å². The SMILES string of the molecule is Cc1noc(C)c1C(C)C(=O)Nc1ccccc1N1CCc2ccccc21. The molecule has 0 saturated heterocycles. The van der Waals surface area contributed by atoms with Crippen molar-refractivity contribution < 1.29 is 9.32 Å². The highest BCUT2D eigenvalue weighted by atomic mass is 16.5. The normalized spacial score (nSPS) is 14.1. The molecule has 0 aliphatic carbocycles. The first-order chi connectivity index (χ1) is 13.1. The summed E-state index contributed by atoms with van der Waals surface area (Å²) in [5, 5.41) is 7.08. The van der Waals surface area contributed by atoms with E-state index in [1.807, 2.05) is 39.0 Å². The van der Waals surface area contributed by atoms with E-state index in [4.69, 9.17) is 4.52 Å². The standard InChI is InChI=1S/C22H23N3O2/c1-14(21-15(2)24-27-16(21)3)22(26)23-18-9-5-7-11-20(18)25-13-12-17-8-4-6-10-19(17)25/h4-11,14H,12-13H2,1-3H3,(H,23,26). The summed E-state index contributed by atoms with van der Waals surface area (Å²) >= 11 is 0. The molecular weight excluding hydrogens is 338 g/mol. The van der Waals surface area contributed by atoms with Gasteiger partial charge in [-0.2, -0.15) is 0 Å². The topological polar surface area (TPSA) is 58.4 Å². The zero-order valence-corrected chi connectivity index (χ0v) is 15.8. The van der Waals surface area contributed by atoms with Crippen LogP contribution in [-0.4, -0.2) is 17.6 Å². The van der Waals surface area contributed by atoms with E-state index in [1.165, 1.54) is 11.3 Å². The van der Waals surface area contributed by atoms with Crippen LogP contribution in [-0.2, 0) is 11.2 Å². The third-order valence-corrected chi connectivity index (χ3v) is 5.25. The van der Waals surface area contributed by atoms with Crippen LogP contribution in [0.15, 0.2) is 53.1 Å². The van der Waals surface area contributed by atoms with Crippen molar-refractivity contribution in [3.63, 3.8) is 0 Å². The molecule has 3 aromatic rings. The Hall–Kier alpha value is -3.08. The lowest BCUT2D eigenvalue weighted by Crippen LogP contribution is -2.22. The Balaban J connectivity index is 1.62. The van der Waals surface area contributed by atoms with E-state index in [0.29, 0.717) is 5.76 Å². The molecule has 1 N–H and O–H groups in total. The smallest absolute Gasteiger partial charge is 0.231 e. The van der Waals surface area contributed by atoms with E-state index < -0.39 is 0 Å². The van der Waals surface area contributed by atoms with Crippen LogP contribution in [0.25, 0.3) is 0 Å². The predicted octanol–water partition coefficient (Wildman–Crippen LogP) is 4.73. The predicted molar refractivity (Wildman–Crippen MR) is 107 cm³/mol. The number of hydrogen-bond donors (Lipinski definition) is 1. The van der Waals surface area contributed by atoms with E-state index in [1.54, 1.807) is 0 Å². The second kappa shape index (κ2) is 6.91. The van der Waals surface area contributed by atoms with Gasteiger partial charge in [-0.3, -0.25) is 4.79 Å². The van der Waals surface area contributed by atoms with E-state index in [0.717, 1.165) is 35.6 Å². The lowest BCUT2D eigenvalue weighted by molar-refractivity contribution is -0.117. The molecule has 1 aliphatic heterocycles. The molecule has 0 saturated carbocycles. The van der Waals surface area contributed by atoms with Gasteiger partial charge in [0.25, 0.3) is 0 Å². The van der Waals surface area contributed by atoms with Crippen molar-refractivity contribution in [2.45, 2.75) is 33.1 Å². The van der Waals surface area contributed by atoms with Gasteiger partial charge < -0.3 is 14.7 Å². The number of nitrogens with one attached hydrogen (secondary N) is 1. The number of aromatic nitrogens is 1. The lowest BCUT2D eigenvalue weighted by atomic mass is 9.98. The van der Waals surface area contributed by atoms with Crippen molar-refractivity contribution >= 4 is 23.0 Å². The molecule has 0 spiro atoms. The number of rotatable bonds is 4. The average molecular weight is 361 g/mol. The van der Waals surface area contributed by atoms with Gasteiger partial charge in [0.15, 0.2) is 0 Å². The van der Waals surface area contributed by atoms with Gasteiger partial charge in [0.05, 0.1) is 23.0 Å². The zero-order valence-electron chi connectivity index (χ0n) is 15.8. The number of carbonyl (C=O) groups excluding carboxylic acids is 1. The highest BCUT2D eigenvalue weighted by molar-refractivity contribution is 5.99. The average Bonchev–Trinajstić information content (AvgIpc) is 3.25. The van der Waals surface area contributed by atoms with Gasteiger partial charge in [-0.1, -0.05) is 35.5 Å². The molecule has 4 rings (SSSR count). The number of amides is 1. The Morgan fingerprint density at radius 2 is 1.81 bits per heavy atom. The number of hydrogen-bond acceptors (Lipinski definition) is 4. The number of anilines is 3. The highest BCUT2D eigenvalue weighted by Gasteiger charge is 2.26. The molecule has 1 aromatic heterocycles. The number of nitrogens with zero attached hydrogens (tertiary/aromatic N) is 2. The summed E-state index contributed by atoms with van der Waals surface area (Å²) in [6.07, 6.45) is 1.01. The summed E-state index contributed by atoms with van der Waals surface area (Å²) in [5.74, 6) is 0.288. The van der Waals surface area contributed by atoms with Gasteiger partial charge in [-0.15, -0.1) is 0 Å². The molecule has 0 fully saturated rings. The Morgan fingerprint density at radius 3 is 2.56 bits per heavy atom. The van der Waals surface area contributed by atoms with Crippen LogP contribution in [0.3, 0.4) is 0 Å². The van der Waals surface area contributed by atoms with Crippen molar-refractivity contribution in [2.75, 3.05) is 16.8 Å². The van der Waals surface area contributed by atoms with Crippen molar-refractivity contribution in [2.24, 2.45) is 0 Å². The van der Waals surface area contributed by atoms with Gasteiger partial charge in [0.1, 0.15) is 5.76 Å². The molecular formula is C22H23N3O2. The Bertz CT molecular complexity index is 973. The number of benzene rings is 2. The fourth-order valence-corrected chi connectivity index (χ4v) is 3.88. The number of carbonyl (C=O) groups is 1. The van der Waals surface area contributed by atoms with Crippen LogP contribution in [0.2, 0.25) is 0 Å². The Kier molecular flexibility index (Phi) is 4.44. The van der Waals surface area contributed by atoms with Gasteiger partial charge in [0, 0.05) is 17.8 Å². The minimum absolute atomic E-state index is 0.0654. The fourth-order valence-electron chi connectivity index (χ4n) is 3.88. The maximum atomic E-state index is 12.9. The van der Waals surface area contributed by atoms with E-state index >= 15 is 0 Å². The molecule has 1 atom stereocenters. The molecule has 138 valence electrons. The highest BCUT2D eigenvalue weighted by Crippen LogP contribution is 2.38. The summed E-state index contributed by atoms with van der Waals surface area (Å²) in [6, 6.07) is 16.4. The van der Waals surface area contributed by atoms with Crippen LogP contribution in [0.1, 0.15) is 35.4 Å². The van der Waals surface area contributed by atoms with Gasteiger partial charge in [-0.05, 0) is 51.0 Å². The van der Waals surface area contributed by atoms with Gasteiger partial charge >= 0.3 is 0 Å². The Labute approximate surface area is 159 Å². The molecule has 0 bridgehead atoms. The third-order valence-electron chi connectivity index (χ3n) is 5.25. The van der Waals surface area contributed by atoms with E-state index in [2.05, 4.69) is 45.7 Å². The monoisotopic (exact) mass is 361 g/mol. The van der Waals surface area contributed by atoms with Gasteiger partial charge in [0.2, 0.25) is 5.91 Å². The number of fused-ring (bicyclic) bond motifs is 1. The molecule has 5 nitrogen and oxygen atoms in total. The molecule has 2 heterocycles. The summed E-state index contributed by atoms with van der Waals surface area (Å²) < 4.78 is 5.22. The van der Waals surface area contributed by atoms with Gasteiger partial charge in [-0.25, -0.2) is 0 Å². The number of aryl methyl sites for hydroxylation is 2. The first-order valence-corrected chi connectivity index (χ1v) is 9.24. The van der Waals surface area contributed by atoms with Crippen LogP contribution >= 0.6 is 0 Å². The maximum absolute atomic E-state index is 12.9. The number of para-hydroxylation sites is 3. The Morgan fingerprint density at radius 1 is 1.11 bits per heavy atom. The minimum atomic E-state index is -0.338. The molecule has 1 unspecified atom stereocenters. The minimum Gasteiger partial charge on any atom is -0.361 e.